The van der Waals surface area contributed by atoms with Crippen molar-refractivity contribution < 1.29 is 0 Å². The Morgan fingerprint density at radius 2 is 2.41 bits per heavy atom. The Bertz CT molecular complexity index is 585. The zero-order chi connectivity index (χ0) is 11.8. The van der Waals surface area contributed by atoms with Crippen LogP contribution in [0.15, 0.2) is 23.0 Å². The molecular weight excluding hydrogens is 216 g/mol. The van der Waals surface area contributed by atoms with E-state index >= 15 is 0 Å². The molecule has 1 fully saturated rings. The molecule has 0 spiro atoms. The fraction of sp³-hybridized carbons (Fsp3) is 0.500. The summed E-state index contributed by atoms with van der Waals surface area (Å²) < 4.78 is 1.70. The minimum Gasteiger partial charge on any atom is -0.303 e. The van der Waals surface area contributed by atoms with Crippen LogP contribution in [0.25, 0.3) is 5.65 Å². The maximum absolute atomic E-state index is 11.9. The van der Waals surface area contributed by atoms with Crippen LogP contribution in [-0.2, 0) is 0 Å². The molecule has 0 aliphatic carbocycles. The Balaban J connectivity index is 2.04. The van der Waals surface area contributed by atoms with E-state index < -0.39 is 0 Å². The van der Waals surface area contributed by atoms with E-state index in [1.54, 1.807) is 16.5 Å². The summed E-state index contributed by atoms with van der Waals surface area (Å²) in [7, 11) is 0. The van der Waals surface area contributed by atoms with Crippen LogP contribution in [0, 0.1) is 0 Å². The van der Waals surface area contributed by atoms with Gasteiger partial charge in [0.25, 0.3) is 5.56 Å². The predicted molar refractivity (Wildman–Crippen MR) is 65.3 cm³/mol. The molecule has 5 heteroatoms. The van der Waals surface area contributed by atoms with Crippen LogP contribution in [-0.4, -0.2) is 39.1 Å². The number of nitrogens with one attached hydrogen (secondary N) is 1. The van der Waals surface area contributed by atoms with E-state index in [1.807, 2.05) is 6.07 Å². The van der Waals surface area contributed by atoms with Crippen molar-refractivity contribution in [1.29, 1.82) is 0 Å². The SMILES string of the molecule is CCN1CCC(c2n[nH]c3cccc(=O)n23)C1. The highest BCUT2D eigenvalue weighted by Gasteiger charge is 2.26. The van der Waals surface area contributed by atoms with E-state index in [9.17, 15) is 4.79 Å². The summed E-state index contributed by atoms with van der Waals surface area (Å²) in [6.45, 7) is 5.32. The number of likely N-dealkylation sites (N-methyl/N-ethyl adjacent to an activating group) is 1. The molecule has 5 nitrogen and oxygen atoms in total. The molecule has 1 aliphatic rings. The van der Waals surface area contributed by atoms with Gasteiger partial charge in [-0.25, -0.2) is 4.40 Å². The van der Waals surface area contributed by atoms with Crippen LogP contribution >= 0.6 is 0 Å². The molecule has 1 atom stereocenters. The highest BCUT2D eigenvalue weighted by molar-refractivity contribution is 5.37. The fourth-order valence-electron chi connectivity index (χ4n) is 2.58. The Labute approximate surface area is 99.1 Å². The van der Waals surface area contributed by atoms with E-state index in [1.165, 1.54) is 0 Å². The molecule has 1 unspecified atom stereocenters. The lowest BCUT2D eigenvalue weighted by Crippen LogP contribution is -2.21. The van der Waals surface area contributed by atoms with Gasteiger partial charge >= 0.3 is 0 Å². The maximum atomic E-state index is 11.9. The molecule has 90 valence electrons. The summed E-state index contributed by atoms with van der Waals surface area (Å²) in [6, 6.07) is 5.22. The monoisotopic (exact) mass is 232 g/mol. The second-order valence-electron chi connectivity index (χ2n) is 4.55. The highest BCUT2D eigenvalue weighted by Crippen LogP contribution is 2.25. The number of hydrogen-bond donors (Lipinski definition) is 1. The van der Waals surface area contributed by atoms with Crippen LogP contribution in [0.2, 0.25) is 0 Å². The normalized spacial score (nSPS) is 21.4. The van der Waals surface area contributed by atoms with Crippen molar-refractivity contribution in [2.45, 2.75) is 19.3 Å². The molecular formula is C12H16N4O. The van der Waals surface area contributed by atoms with Crippen LogP contribution in [0.5, 0.6) is 0 Å². The molecule has 3 heterocycles. The number of hydrogen-bond acceptors (Lipinski definition) is 3. The second-order valence-corrected chi connectivity index (χ2v) is 4.55. The molecule has 2 aromatic heterocycles. The average Bonchev–Trinajstić information content (AvgIpc) is 2.94. The van der Waals surface area contributed by atoms with Gasteiger partial charge in [-0.15, -0.1) is 0 Å². The van der Waals surface area contributed by atoms with Crippen molar-refractivity contribution in [1.82, 2.24) is 19.5 Å². The van der Waals surface area contributed by atoms with Crippen molar-refractivity contribution in [3.05, 3.63) is 34.4 Å². The smallest absolute Gasteiger partial charge is 0.257 e. The van der Waals surface area contributed by atoms with Crippen LogP contribution in [0.3, 0.4) is 0 Å². The quantitative estimate of drug-likeness (QED) is 0.834. The van der Waals surface area contributed by atoms with E-state index in [4.69, 9.17) is 0 Å². The lowest BCUT2D eigenvalue weighted by Gasteiger charge is -2.11. The molecule has 0 bridgehead atoms. The van der Waals surface area contributed by atoms with Gasteiger partial charge < -0.3 is 4.90 Å². The molecule has 1 aliphatic heterocycles. The second kappa shape index (κ2) is 4.00. The summed E-state index contributed by atoms with van der Waals surface area (Å²) in [5.41, 5.74) is 0.781. The van der Waals surface area contributed by atoms with E-state index in [-0.39, 0.29) is 5.56 Å². The minimum atomic E-state index is 0.00111. The third-order valence-electron chi connectivity index (χ3n) is 3.55. The van der Waals surface area contributed by atoms with Gasteiger partial charge in [0.15, 0.2) is 0 Å². The molecule has 17 heavy (non-hydrogen) atoms. The first kappa shape index (κ1) is 10.5. The molecule has 1 N–H and O–H groups in total. The topological polar surface area (TPSA) is 53.4 Å². The largest absolute Gasteiger partial charge is 0.303 e. The third kappa shape index (κ3) is 1.67. The van der Waals surface area contributed by atoms with Gasteiger partial charge in [0, 0.05) is 18.5 Å². The van der Waals surface area contributed by atoms with Crippen LogP contribution in [0.4, 0.5) is 0 Å². The molecule has 1 saturated heterocycles. The van der Waals surface area contributed by atoms with Gasteiger partial charge in [-0.1, -0.05) is 13.0 Å². The summed E-state index contributed by atoms with van der Waals surface area (Å²) in [4.78, 5) is 14.2. The minimum absolute atomic E-state index is 0.00111. The Morgan fingerprint density at radius 3 is 3.18 bits per heavy atom. The number of aromatic amines is 1. The predicted octanol–water partition coefficient (Wildman–Crippen LogP) is 0.832. The van der Waals surface area contributed by atoms with Crippen molar-refractivity contribution in [3.8, 4) is 0 Å². The fourth-order valence-corrected chi connectivity index (χ4v) is 2.58. The van der Waals surface area contributed by atoms with Crippen molar-refractivity contribution >= 4 is 5.65 Å². The van der Waals surface area contributed by atoms with Gasteiger partial charge in [0.05, 0.1) is 0 Å². The van der Waals surface area contributed by atoms with E-state index in [0.717, 1.165) is 37.5 Å². The van der Waals surface area contributed by atoms with Crippen LogP contribution in [0.1, 0.15) is 25.1 Å². The van der Waals surface area contributed by atoms with Gasteiger partial charge in [-0.05, 0) is 25.6 Å². The maximum Gasteiger partial charge on any atom is 0.257 e. The number of rotatable bonds is 2. The zero-order valence-electron chi connectivity index (χ0n) is 9.89. The number of pyridine rings is 1. The lowest BCUT2D eigenvalue weighted by molar-refractivity contribution is 0.352. The van der Waals surface area contributed by atoms with E-state index in [0.29, 0.717) is 5.92 Å². The summed E-state index contributed by atoms with van der Waals surface area (Å²) >= 11 is 0. The van der Waals surface area contributed by atoms with Crippen molar-refractivity contribution in [3.63, 3.8) is 0 Å². The summed E-state index contributed by atoms with van der Waals surface area (Å²) in [5.74, 6) is 1.24. The first-order valence-corrected chi connectivity index (χ1v) is 6.08. The van der Waals surface area contributed by atoms with Gasteiger partial charge in [0.1, 0.15) is 11.5 Å². The Kier molecular flexibility index (Phi) is 2.48. The van der Waals surface area contributed by atoms with E-state index in [2.05, 4.69) is 22.0 Å². The summed E-state index contributed by atoms with van der Waals surface area (Å²) in [5, 5.41) is 7.25. The zero-order valence-corrected chi connectivity index (χ0v) is 9.89. The number of fused-ring (bicyclic) bond motifs is 1. The van der Waals surface area contributed by atoms with Crippen molar-refractivity contribution in [2.24, 2.45) is 0 Å². The Morgan fingerprint density at radius 1 is 1.53 bits per heavy atom. The summed E-state index contributed by atoms with van der Waals surface area (Å²) in [6.07, 6.45) is 1.08. The first-order valence-electron chi connectivity index (χ1n) is 6.08. The van der Waals surface area contributed by atoms with Gasteiger partial charge in [-0.3, -0.25) is 9.89 Å². The molecule has 3 rings (SSSR count). The van der Waals surface area contributed by atoms with Crippen molar-refractivity contribution in [2.75, 3.05) is 19.6 Å². The number of aromatic nitrogens is 3. The average molecular weight is 232 g/mol. The first-order chi connectivity index (χ1) is 8.29. The Hall–Kier alpha value is -1.62. The number of H-pyrrole nitrogens is 1. The standard InChI is InChI=1S/C12H16N4O/c1-2-15-7-6-9(8-15)12-14-13-10-4-3-5-11(17)16(10)12/h3-5,9,13H,2,6-8H2,1H3. The molecule has 0 radical (unpaired) electrons. The van der Waals surface area contributed by atoms with Gasteiger partial charge in [-0.2, -0.15) is 5.10 Å². The third-order valence-corrected chi connectivity index (χ3v) is 3.55. The molecule has 0 saturated carbocycles. The molecule has 0 amide bonds. The molecule has 2 aromatic rings. The highest BCUT2D eigenvalue weighted by atomic mass is 16.1. The number of likely N-dealkylation sites (tertiary alicyclic amines) is 1. The van der Waals surface area contributed by atoms with Gasteiger partial charge in [0.2, 0.25) is 0 Å². The number of nitrogens with zero attached hydrogens (tertiary/aromatic N) is 3. The lowest BCUT2D eigenvalue weighted by atomic mass is 10.1. The van der Waals surface area contributed by atoms with Crippen LogP contribution < -0.4 is 5.56 Å². The molecule has 0 aromatic carbocycles.